The molecule has 0 spiro atoms. The van der Waals surface area contributed by atoms with E-state index in [0.717, 1.165) is 0 Å². The third-order valence-electron chi connectivity index (χ3n) is 2.63. The van der Waals surface area contributed by atoms with Gasteiger partial charge in [-0.3, -0.25) is 5.73 Å². The normalized spacial score (nSPS) is 36.8. The molecule has 0 aromatic carbocycles. The molecule has 1 heterocycles. The van der Waals surface area contributed by atoms with Crippen LogP contribution >= 0.6 is 0 Å². The number of hydrogen-bond acceptors (Lipinski definition) is 3. The molecule has 70 valence electrons. The Morgan fingerprint density at radius 3 is 2.58 bits per heavy atom. The number of nitrogens with two attached hydrogens (primary N) is 1. The summed E-state index contributed by atoms with van der Waals surface area (Å²) < 4.78 is 10.7. The summed E-state index contributed by atoms with van der Waals surface area (Å²) >= 11 is 0. The highest BCUT2D eigenvalue weighted by Crippen LogP contribution is 2.24. The van der Waals surface area contributed by atoms with Crippen LogP contribution in [-0.2, 0) is 9.47 Å². The molecule has 0 radical (unpaired) electrons. The summed E-state index contributed by atoms with van der Waals surface area (Å²) in [6.45, 7) is 1.25. The van der Waals surface area contributed by atoms with Gasteiger partial charge in [-0.15, -0.1) is 0 Å². The maximum absolute atomic E-state index is 5.72. The highest BCUT2D eigenvalue weighted by molar-refractivity contribution is 4.85. The second-order valence-corrected chi connectivity index (χ2v) is 3.92. The Kier molecular flexibility index (Phi) is 2.35. The van der Waals surface area contributed by atoms with Gasteiger partial charge in [0.15, 0.2) is 5.72 Å². The van der Waals surface area contributed by atoms with E-state index < -0.39 is 5.72 Å². The molecule has 1 saturated heterocycles. The minimum atomic E-state index is -0.419. The van der Waals surface area contributed by atoms with Gasteiger partial charge < -0.3 is 9.47 Å². The van der Waals surface area contributed by atoms with Crippen molar-refractivity contribution in [3.05, 3.63) is 0 Å². The Balaban J connectivity index is 1.65. The summed E-state index contributed by atoms with van der Waals surface area (Å²) in [5.74, 6) is 0. The van der Waals surface area contributed by atoms with Crippen LogP contribution in [0.2, 0.25) is 0 Å². The van der Waals surface area contributed by atoms with Crippen molar-refractivity contribution in [1.29, 1.82) is 0 Å². The first kappa shape index (κ1) is 8.48. The average molecular weight is 171 g/mol. The lowest BCUT2D eigenvalue weighted by atomic mass is 9.98. The molecular weight excluding hydrogens is 154 g/mol. The van der Waals surface area contributed by atoms with Gasteiger partial charge >= 0.3 is 0 Å². The molecule has 2 aliphatic rings. The van der Waals surface area contributed by atoms with Crippen LogP contribution in [-0.4, -0.2) is 25.0 Å². The number of epoxide rings is 1. The number of rotatable bonds is 3. The fraction of sp³-hybridized carbons (Fsp3) is 1.00. The molecular formula is C9H17NO2. The molecule has 2 rings (SSSR count). The minimum absolute atomic E-state index is 0.419. The lowest BCUT2D eigenvalue weighted by Crippen LogP contribution is -2.33. The molecule has 0 unspecified atom stereocenters. The Labute approximate surface area is 73.2 Å². The van der Waals surface area contributed by atoms with Gasteiger partial charge in [-0.2, -0.15) is 0 Å². The predicted molar refractivity (Wildman–Crippen MR) is 45.7 cm³/mol. The molecule has 0 aromatic heterocycles. The van der Waals surface area contributed by atoms with Crippen LogP contribution in [0.5, 0.6) is 0 Å². The van der Waals surface area contributed by atoms with Gasteiger partial charge in [-0.05, 0) is 12.8 Å². The van der Waals surface area contributed by atoms with E-state index in [2.05, 4.69) is 0 Å². The molecule has 3 heteroatoms. The second kappa shape index (κ2) is 3.32. The summed E-state index contributed by atoms with van der Waals surface area (Å²) in [4.78, 5) is 0. The van der Waals surface area contributed by atoms with Crippen LogP contribution in [0, 0.1) is 0 Å². The predicted octanol–water partition coefficient (Wildman–Crippen LogP) is 1.02. The largest absolute Gasteiger partial charge is 0.374 e. The van der Waals surface area contributed by atoms with E-state index in [1.807, 2.05) is 0 Å². The van der Waals surface area contributed by atoms with Crippen LogP contribution in [0.3, 0.4) is 0 Å². The molecule has 2 fully saturated rings. The molecule has 0 aromatic rings. The van der Waals surface area contributed by atoms with Crippen LogP contribution < -0.4 is 5.73 Å². The highest BCUT2D eigenvalue weighted by Gasteiger charge is 2.41. The first-order valence-corrected chi connectivity index (χ1v) is 4.83. The van der Waals surface area contributed by atoms with Crippen LogP contribution in [0.4, 0.5) is 0 Å². The van der Waals surface area contributed by atoms with E-state index in [4.69, 9.17) is 15.2 Å². The molecule has 1 aliphatic carbocycles. The fourth-order valence-corrected chi connectivity index (χ4v) is 1.67. The lowest BCUT2D eigenvalue weighted by molar-refractivity contribution is -0.000442. The zero-order chi connectivity index (χ0) is 8.44. The maximum Gasteiger partial charge on any atom is 0.164 e. The van der Waals surface area contributed by atoms with Crippen LogP contribution in [0.25, 0.3) is 0 Å². The Bertz CT molecular complexity index is 151. The van der Waals surface area contributed by atoms with E-state index in [1.54, 1.807) is 0 Å². The van der Waals surface area contributed by atoms with Gasteiger partial charge in [0.1, 0.15) is 0 Å². The summed E-state index contributed by atoms with van der Waals surface area (Å²) in [5, 5.41) is 0. The van der Waals surface area contributed by atoms with Gasteiger partial charge in [-0.1, -0.05) is 19.3 Å². The number of ether oxygens (including phenoxy) is 2. The van der Waals surface area contributed by atoms with Gasteiger partial charge in [0, 0.05) is 0 Å². The third kappa shape index (κ3) is 2.19. The minimum Gasteiger partial charge on any atom is -0.374 e. The van der Waals surface area contributed by atoms with Gasteiger partial charge in [0.25, 0.3) is 0 Å². The van der Waals surface area contributed by atoms with Crippen LogP contribution in [0.15, 0.2) is 0 Å². The monoisotopic (exact) mass is 171 g/mol. The zero-order valence-electron chi connectivity index (χ0n) is 7.42. The van der Waals surface area contributed by atoms with Crippen molar-refractivity contribution in [2.75, 3.05) is 13.2 Å². The molecule has 0 bridgehead atoms. The maximum atomic E-state index is 5.72. The molecule has 0 amide bonds. The molecule has 1 aliphatic heterocycles. The Hall–Kier alpha value is -0.120. The standard InChI is InChI=1S/C9H17NO2/c10-9(7-12-9)6-11-8-4-2-1-3-5-8/h8H,1-7,10H2/t9-/m0/s1. The van der Waals surface area contributed by atoms with Gasteiger partial charge in [-0.25, -0.2) is 0 Å². The topological polar surface area (TPSA) is 47.8 Å². The third-order valence-corrected chi connectivity index (χ3v) is 2.63. The van der Waals surface area contributed by atoms with Crippen LogP contribution in [0.1, 0.15) is 32.1 Å². The molecule has 2 N–H and O–H groups in total. The average Bonchev–Trinajstić information content (AvgIpc) is 2.84. The Morgan fingerprint density at radius 1 is 1.33 bits per heavy atom. The van der Waals surface area contributed by atoms with Crippen molar-refractivity contribution < 1.29 is 9.47 Å². The summed E-state index contributed by atoms with van der Waals surface area (Å²) in [5.41, 5.74) is 5.30. The Morgan fingerprint density at radius 2 is 2.00 bits per heavy atom. The summed E-state index contributed by atoms with van der Waals surface area (Å²) in [6.07, 6.45) is 6.84. The van der Waals surface area contributed by atoms with Crippen molar-refractivity contribution in [1.82, 2.24) is 0 Å². The first-order chi connectivity index (χ1) is 5.79. The van der Waals surface area contributed by atoms with E-state index in [1.165, 1.54) is 32.1 Å². The SMILES string of the molecule is N[C@]1(COC2CCCCC2)CO1. The van der Waals surface area contributed by atoms with Gasteiger partial charge in [0.05, 0.1) is 19.3 Å². The highest BCUT2D eigenvalue weighted by atomic mass is 16.6. The molecule has 1 saturated carbocycles. The fourth-order valence-electron chi connectivity index (χ4n) is 1.67. The molecule has 12 heavy (non-hydrogen) atoms. The van der Waals surface area contributed by atoms with Crippen molar-refractivity contribution >= 4 is 0 Å². The summed E-state index contributed by atoms with van der Waals surface area (Å²) in [7, 11) is 0. The van der Waals surface area contributed by atoms with Crippen molar-refractivity contribution in [2.45, 2.75) is 43.9 Å². The van der Waals surface area contributed by atoms with Gasteiger partial charge in [0.2, 0.25) is 0 Å². The van der Waals surface area contributed by atoms with E-state index in [0.29, 0.717) is 19.3 Å². The van der Waals surface area contributed by atoms with Crippen molar-refractivity contribution in [2.24, 2.45) is 5.73 Å². The molecule has 1 atom stereocenters. The zero-order valence-corrected chi connectivity index (χ0v) is 7.42. The smallest absolute Gasteiger partial charge is 0.164 e. The van der Waals surface area contributed by atoms with Crippen molar-refractivity contribution in [3.63, 3.8) is 0 Å². The lowest BCUT2D eigenvalue weighted by Gasteiger charge is -2.22. The number of hydrogen-bond donors (Lipinski definition) is 1. The van der Waals surface area contributed by atoms with Crippen molar-refractivity contribution in [3.8, 4) is 0 Å². The van der Waals surface area contributed by atoms with E-state index in [-0.39, 0.29) is 0 Å². The summed E-state index contributed by atoms with van der Waals surface area (Å²) in [6, 6.07) is 0. The molecule has 3 nitrogen and oxygen atoms in total. The second-order valence-electron chi connectivity index (χ2n) is 3.92. The quantitative estimate of drug-likeness (QED) is 0.645. The van der Waals surface area contributed by atoms with E-state index in [9.17, 15) is 0 Å². The first-order valence-electron chi connectivity index (χ1n) is 4.83. The van der Waals surface area contributed by atoms with E-state index >= 15 is 0 Å².